The second kappa shape index (κ2) is 10.7. The summed E-state index contributed by atoms with van der Waals surface area (Å²) in [5.41, 5.74) is 2.32. The quantitative estimate of drug-likeness (QED) is 0.271. The Bertz CT molecular complexity index is 1090. The summed E-state index contributed by atoms with van der Waals surface area (Å²) in [5.74, 6) is 0.664. The van der Waals surface area contributed by atoms with E-state index >= 15 is 0 Å². The van der Waals surface area contributed by atoms with E-state index in [1.54, 1.807) is 25.6 Å². The average molecular weight is 538 g/mol. The number of hydrogen-bond acceptors (Lipinski definition) is 7. The van der Waals surface area contributed by atoms with Crippen molar-refractivity contribution in [3.05, 3.63) is 77.9 Å². The van der Waals surface area contributed by atoms with Gasteiger partial charge in [0.25, 0.3) is 0 Å². The van der Waals surface area contributed by atoms with Crippen LogP contribution < -0.4 is 18.7 Å². The molecule has 0 aliphatic carbocycles. The molecule has 0 amide bonds. The van der Waals surface area contributed by atoms with Gasteiger partial charge >= 0.3 is 199 Å². The van der Waals surface area contributed by atoms with Crippen molar-refractivity contribution in [2.45, 2.75) is 0 Å². The summed E-state index contributed by atoms with van der Waals surface area (Å²) in [5, 5.41) is 0. The van der Waals surface area contributed by atoms with Gasteiger partial charge in [0.2, 0.25) is 0 Å². The number of aliphatic imine (C=N–C) groups is 1. The maximum absolute atomic E-state index is 11.7. The molecule has 174 valence electrons. The van der Waals surface area contributed by atoms with Gasteiger partial charge in [-0.25, -0.2) is 0 Å². The molecule has 4 rings (SSSR count). The van der Waals surface area contributed by atoms with Crippen molar-refractivity contribution < 1.29 is 37.1 Å². The van der Waals surface area contributed by atoms with Gasteiger partial charge in [0.1, 0.15) is 0 Å². The Morgan fingerprint density at radius 1 is 0.970 bits per heavy atom. The third-order valence-electron chi connectivity index (χ3n) is 4.99. The van der Waals surface area contributed by atoms with Crippen LogP contribution in [0.4, 0.5) is 0 Å². The molecule has 0 N–H and O–H groups in total. The van der Waals surface area contributed by atoms with Crippen LogP contribution in [0.3, 0.4) is 0 Å². The summed E-state index contributed by atoms with van der Waals surface area (Å²) in [6, 6.07) is 16.7. The van der Waals surface area contributed by atoms with Crippen molar-refractivity contribution in [3.63, 3.8) is 0 Å². The van der Waals surface area contributed by atoms with Crippen molar-refractivity contribution >= 4 is 34.7 Å². The van der Waals surface area contributed by atoms with Crippen molar-refractivity contribution in [3.8, 4) is 5.75 Å². The summed E-state index contributed by atoms with van der Waals surface area (Å²) in [6.07, 6.45) is 5.38. The van der Waals surface area contributed by atoms with Crippen LogP contribution in [-0.4, -0.2) is 63.0 Å². The number of ether oxygens (including phenoxy) is 2. The molecular formula is C23H23ClN2O6Se. The van der Waals surface area contributed by atoms with Crippen LogP contribution in [0.2, 0.25) is 0 Å². The Balaban J connectivity index is 1.84. The first-order valence-electron chi connectivity index (χ1n) is 10.1. The fraction of sp³-hybridized carbons (Fsp3) is 0.217. The number of benzene rings is 2. The van der Waals surface area contributed by atoms with E-state index in [0.717, 1.165) is 16.7 Å². The van der Waals surface area contributed by atoms with Crippen LogP contribution >= 0.6 is 0 Å². The van der Waals surface area contributed by atoms with Crippen LogP contribution in [0.5, 0.6) is 5.75 Å². The summed E-state index contributed by atoms with van der Waals surface area (Å²) in [6.45, 7) is 2.52. The number of hydrogen-bond donors (Lipinski definition) is 0. The Kier molecular flexibility index (Phi) is 7.74. The normalized spacial score (nSPS) is 19.5. The van der Waals surface area contributed by atoms with Gasteiger partial charge in [0.05, 0.1) is 0 Å². The SMILES string of the molecule is COc1ccc(C2=CC=C(c3ccccc3)C(N=CN3CCOCC3)=[Se]2O[Cl+3]([O-])([O-])[O-])cc1. The first kappa shape index (κ1) is 23.8. The minimum atomic E-state index is -4.67. The van der Waals surface area contributed by atoms with Gasteiger partial charge < -0.3 is 0 Å². The van der Waals surface area contributed by atoms with Crippen LogP contribution in [0.25, 0.3) is 10.0 Å². The Hall–Kier alpha value is -2.33. The van der Waals surface area contributed by atoms with E-state index in [2.05, 4.69) is 0 Å². The topological polar surface area (TPSA) is 112 Å². The molecule has 1 unspecified atom stereocenters. The molecule has 0 aromatic heterocycles. The molecule has 0 saturated carbocycles. The molecule has 0 radical (unpaired) electrons. The van der Waals surface area contributed by atoms with E-state index in [0.29, 0.717) is 41.1 Å². The Labute approximate surface area is 198 Å². The first-order chi connectivity index (χ1) is 15.9. The molecule has 1 saturated heterocycles. The molecule has 2 aromatic carbocycles. The molecular weight excluding hydrogens is 515 g/mol. The first-order valence-corrected chi connectivity index (χ1v) is 13.8. The second-order valence-electron chi connectivity index (χ2n) is 7.11. The van der Waals surface area contributed by atoms with Crippen LogP contribution in [0.15, 0.2) is 71.7 Å². The van der Waals surface area contributed by atoms with Gasteiger partial charge in [-0.3, -0.25) is 0 Å². The van der Waals surface area contributed by atoms with Crippen molar-refractivity contribution in [1.29, 1.82) is 0 Å². The summed E-state index contributed by atoms with van der Waals surface area (Å²) in [7, 11) is -3.10. The Morgan fingerprint density at radius 3 is 2.30 bits per heavy atom. The zero-order valence-electron chi connectivity index (χ0n) is 17.9. The van der Waals surface area contributed by atoms with Crippen molar-refractivity contribution in [2.75, 3.05) is 33.4 Å². The maximum atomic E-state index is 11.7. The third-order valence-corrected chi connectivity index (χ3v) is 10.1. The summed E-state index contributed by atoms with van der Waals surface area (Å²) in [4.78, 5) is 6.69. The predicted octanol–water partition coefficient (Wildman–Crippen LogP) is -0.307. The molecule has 1 fully saturated rings. The number of halogens is 1. The zero-order chi connectivity index (χ0) is 23.3. The molecule has 1 atom stereocenters. The van der Waals surface area contributed by atoms with E-state index in [1.165, 1.54) is 0 Å². The number of rotatable bonds is 7. The summed E-state index contributed by atoms with van der Waals surface area (Å²) >= 11 is -2.85. The van der Waals surface area contributed by atoms with E-state index in [1.807, 2.05) is 59.5 Å². The molecule has 8 nitrogen and oxygen atoms in total. The molecule has 33 heavy (non-hydrogen) atoms. The van der Waals surface area contributed by atoms with E-state index in [-0.39, 0.29) is 0 Å². The number of allylic oxidation sites excluding steroid dienone is 2. The molecule has 2 aromatic rings. The van der Waals surface area contributed by atoms with Crippen molar-refractivity contribution in [2.24, 2.45) is 4.99 Å². The predicted molar refractivity (Wildman–Crippen MR) is 118 cm³/mol. The van der Waals surface area contributed by atoms with Gasteiger partial charge in [-0.05, 0) is 0 Å². The second-order valence-corrected chi connectivity index (χ2v) is 11.7. The molecule has 2 aliphatic rings. The van der Waals surface area contributed by atoms with Gasteiger partial charge in [0, 0.05) is 0 Å². The monoisotopic (exact) mass is 538 g/mol. The fourth-order valence-electron chi connectivity index (χ4n) is 3.38. The van der Waals surface area contributed by atoms with Crippen LogP contribution in [0, 0.1) is 10.2 Å². The fourth-order valence-corrected chi connectivity index (χ4v) is 8.12. The molecule has 2 heterocycles. The molecule has 10 heteroatoms. The molecule has 2 aliphatic heterocycles. The van der Waals surface area contributed by atoms with E-state index in [9.17, 15) is 14.0 Å². The third kappa shape index (κ3) is 6.17. The molecule has 0 bridgehead atoms. The van der Waals surface area contributed by atoms with Gasteiger partial charge in [0.15, 0.2) is 0 Å². The molecule has 0 spiro atoms. The van der Waals surface area contributed by atoms with Crippen molar-refractivity contribution in [1.82, 2.24) is 4.90 Å². The van der Waals surface area contributed by atoms with E-state index in [4.69, 9.17) is 17.8 Å². The minimum absolute atomic E-state index is 0.452. The zero-order valence-corrected chi connectivity index (χ0v) is 20.4. The summed E-state index contributed by atoms with van der Waals surface area (Å²) < 4.78 is 52.1. The van der Waals surface area contributed by atoms with E-state index < -0.39 is 24.0 Å². The van der Waals surface area contributed by atoms with Crippen LogP contribution in [-0.2, 0) is 8.11 Å². The van der Waals surface area contributed by atoms with Gasteiger partial charge in [-0.15, -0.1) is 0 Å². The Morgan fingerprint density at radius 2 is 1.67 bits per heavy atom. The van der Waals surface area contributed by atoms with Gasteiger partial charge in [-0.1, -0.05) is 0 Å². The standard InChI is InChI=1S/C23H23ClN2O6Se/c1-30-20-9-7-19(8-10-20)22-12-11-21(18-5-3-2-4-6-18)23(33(22)32-24(27,28)29)25-17-26-13-15-31-16-14-26/h2-12,17H,13-16H2,1H3. The van der Waals surface area contributed by atoms with Gasteiger partial charge in [-0.2, -0.15) is 0 Å². The number of morpholine rings is 1. The van der Waals surface area contributed by atoms with Crippen LogP contribution in [0.1, 0.15) is 11.1 Å². The average Bonchev–Trinajstić information content (AvgIpc) is 2.83. The number of methoxy groups -OCH3 is 1. The number of nitrogens with zero attached hydrogens (tertiary/aromatic N) is 2.